The van der Waals surface area contributed by atoms with E-state index >= 15 is 4.39 Å². The summed E-state index contributed by atoms with van der Waals surface area (Å²) in [6.07, 6.45) is 8.94. The zero-order valence-electron chi connectivity index (χ0n) is 20.6. The van der Waals surface area contributed by atoms with Gasteiger partial charge in [-0.1, -0.05) is 18.2 Å². The molecule has 1 aromatic carbocycles. The number of hydrogen-bond acceptors (Lipinski definition) is 6. The second-order valence-electron chi connectivity index (χ2n) is 9.79. The van der Waals surface area contributed by atoms with Crippen molar-refractivity contribution >= 4 is 5.65 Å². The van der Waals surface area contributed by atoms with Gasteiger partial charge in [0.2, 0.25) is 0 Å². The van der Waals surface area contributed by atoms with Crippen LogP contribution in [0, 0.1) is 17.2 Å². The summed E-state index contributed by atoms with van der Waals surface area (Å²) in [6, 6.07) is 9.45. The van der Waals surface area contributed by atoms with Gasteiger partial charge in [-0.05, 0) is 62.7 Å². The fraction of sp³-hybridized carbons (Fsp3) is 0.393. The predicted octanol–water partition coefficient (Wildman–Crippen LogP) is 4.42. The highest BCUT2D eigenvalue weighted by atomic mass is 19.1. The number of benzene rings is 1. The molecule has 1 saturated heterocycles. The number of fused-ring (bicyclic) bond motifs is 1. The Balaban J connectivity index is 1.63. The normalized spacial score (nSPS) is 22.7. The van der Waals surface area contributed by atoms with Crippen molar-refractivity contribution < 1.29 is 14.2 Å². The van der Waals surface area contributed by atoms with Gasteiger partial charge < -0.3 is 14.7 Å². The van der Waals surface area contributed by atoms with E-state index in [1.54, 1.807) is 60.1 Å². The third-order valence-corrected chi connectivity index (χ3v) is 7.16. The molecule has 3 aromatic rings. The second kappa shape index (κ2) is 9.84. The third-order valence-electron chi connectivity index (χ3n) is 7.16. The van der Waals surface area contributed by atoms with E-state index in [0.717, 1.165) is 25.9 Å². The van der Waals surface area contributed by atoms with E-state index in [-0.39, 0.29) is 13.0 Å². The quantitative estimate of drug-likeness (QED) is 0.554. The van der Waals surface area contributed by atoms with Crippen molar-refractivity contribution in [2.45, 2.75) is 31.9 Å². The number of nitriles is 1. The second-order valence-corrected chi connectivity index (χ2v) is 9.79. The molecule has 0 bridgehead atoms. The van der Waals surface area contributed by atoms with Gasteiger partial charge in [0.25, 0.3) is 0 Å². The van der Waals surface area contributed by atoms with Crippen LogP contribution < -0.4 is 4.74 Å². The Kier molecular flexibility index (Phi) is 6.61. The number of alkyl halides is 1. The minimum Gasteiger partial charge on any atom is -0.464 e. The van der Waals surface area contributed by atoms with Crippen molar-refractivity contribution in [3.05, 3.63) is 71.1 Å². The molecule has 186 valence electrons. The number of aliphatic hydroxyl groups is 1. The highest BCUT2D eigenvalue weighted by Crippen LogP contribution is 2.44. The standard InChI is InChI=1S/C28H30FN5O2/c1-19-14-28(29,10-9-23(19)17-35)24-25(22-7-5-20(15-30)6-8-22)32-27(34-13-11-31-26(24)34)36-18-21-4-3-12-33(2)16-21/h5-9,11,13-14,21,35H,3-4,10,12,16-18H2,1-2H3/t21-,28?/m1/s1. The molecule has 0 amide bonds. The molecule has 1 fully saturated rings. The minimum atomic E-state index is -1.88. The predicted molar refractivity (Wildman–Crippen MR) is 135 cm³/mol. The Morgan fingerprint density at radius 1 is 1.31 bits per heavy atom. The van der Waals surface area contributed by atoms with Crippen LogP contribution in [-0.4, -0.2) is 57.7 Å². The molecule has 0 radical (unpaired) electrons. The van der Waals surface area contributed by atoms with E-state index in [1.165, 1.54) is 0 Å². The van der Waals surface area contributed by atoms with Crippen molar-refractivity contribution in [3.8, 4) is 23.3 Å². The van der Waals surface area contributed by atoms with Gasteiger partial charge in [0.05, 0.1) is 36.1 Å². The van der Waals surface area contributed by atoms with Gasteiger partial charge in [0.1, 0.15) is 5.65 Å². The Morgan fingerprint density at radius 2 is 2.11 bits per heavy atom. The van der Waals surface area contributed by atoms with Crippen molar-refractivity contribution in [2.24, 2.45) is 5.92 Å². The van der Waals surface area contributed by atoms with Crippen molar-refractivity contribution in [3.63, 3.8) is 0 Å². The van der Waals surface area contributed by atoms with Crippen LogP contribution in [0.3, 0.4) is 0 Å². The summed E-state index contributed by atoms with van der Waals surface area (Å²) in [5, 5.41) is 18.9. The molecule has 1 aliphatic heterocycles. The summed E-state index contributed by atoms with van der Waals surface area (Å²) >= 11 is 0. The van der Waals surface area contributed by atoms with Gasteiger partial charge >= 0.3 is 6.01 Å². The number of hydrogen-bond donors (Lipinski definition) is 1. The number of aromatic nitrogens is 3. The number of rotatable bonds is 6. The van der Waals surface area contributed by atoms with Gasteiger partial charge in [-0.15, -0.1) is 0 Å². The number of allylic oxidation sites excluding steroid dienone is 2. The lowest BCUT2D eigenvalue weighted by atomic mass is 9.82. The highest BCUT2D eigenvalue weighted by Gasteiger charge is 2.38. The van der Waals surface area contributed by atoms with Crippen LogP contribution in [0.15, 0.2) is 60.0 Å². The summed E-state index contributed by atoms with van der Waals surface area (Å²) in [5.41, 5.74) is 1.92. The highest BCUT2D eigenvalue weighted by molar-refractivity contribution is 5.74. The molecule has 8 heteroatoms. The van der Waals surface area contributed by atoms with Gasteiger partial charge in [-0.3, -0.25) is 4.40 Å². The number of piperidine rings is 1. The van der Waals surface area contributed by atoms with E-state index in [4.69, 9.17) is 9.72 Å². The first-order chi connectivity index (χ1) is 17.4. The molecule has 0 saturated carbocycles. The fourth-order valence-electron chi connectivity index (χ4n) is 5.24. The average molecular weight is 488 g/mol. The topological polar surface area (TPSA) is 86.7 Å². The first-order valence-corrected chi connectivity index (χ1v) is 12.3. The molecule has 2 aliphatic rings. The summed E-state index contributed by atoms with van der Waals surface area (Å²) in [5.74, 6) is 0.389. The fourth-order valence-corrected chi connectivity index (χ4v) is 5.24. The van der Waals surface area contributed by atoms with Crippen LogP contribution in [0.25, 0.3) is 16.9 Å². The zero-order valence-corrected chi connectivity index (χ0v) is 20.6. The van der Waals surface area contributed by atoms with Gasteiger partial charge in [0, 0.05) is 36.8 Å². The summed E-state index contributed by atoms with van der Waals surface area (Å²) in [4.78, 5) is 11.7. The van der Waals surface area contributed by atoms with Crippen molar-refractivity contribution in [2.75, 3.05) is 33.4 Å². The monoisotopic (exact) mass is 487 g/mol. The van der Waals surface area contributed by atoms with E-state index < -0.39 is 5.67 Å². The van der Waals surface area contributed by atoms with E-state index in [2.05, 4.69) is 23.0 Å². The summed E-state index contributed by atoms with van der Waals surface area (Å²) in [6.45, 7) is 4.23. The van der Waals surface area contributed by atoms with Crippen LogP contribution in [-0.2, 0) is 5.67 Å². The van der Waals surface area contributed by atoms with Crippen LogP contribution in [0.2, 0.25) is 0 Å². The van der Waals surface area contributed by atoms with Gasteiger partial charge in [-0.25, -0.2) is 9.37 Å². The number of likely N-dealkylation sites (tertiary alicyclic amines) is 1. The van der Waals surface area contributed by atoms with E-state index in [1.807, 2.05) is 0 Å². The number of aliphatic hydroxyl groups excluding tert-OH is 1. The van der Waals surface area contributed by atoms with E-state index in [0.29, 0.717) is 57.7 Å². The van der Waals surface area contributed by atoms with E-state index in [9.17, 15) is 10.4 Å². The lowest BCUT2D eigenvalue weighted by Crippen LogP contribution is -2.35. The maximum atomic E-state index is 16.8. The van der Waals surface area contributed by atoms with Crippen LogP contribution in [0.5, 0.6) is 6.01 Å². The molecule has 1 aliphatic carbocycles. The lowest BCUT2D eigenvalue weighted by molar-refractivity contribution is 0.143. The molecule has 7 nitrogen and oxygen atoms in total. The Morgan fingerprint density at radius 3 is 2.81 bits per heavy atom. The molecular formula is C28H30FN5O2. The third kappa shape index (κ3) is 4.52. The molecule has 3 heterocycles. The number of ether oxygens (including phenoxy) is 1. The SMILES string of the molecule is CC1=CC(F)(c2c(-c3ccc(C#N)cc3)nc(OC[C@@H]3CCCN(C)C3)n3ccnc23)CC=C1CO. The number of nitrogens with zero attached hydrogens (tertiary/aromatic N) is 5. The number of imidazole rings is 1. The zero-order chi connectivity index (χ0) is 25.3. The minimum absolute atomic E-state index is 0.0579. The smallest absolute Gasteiger partial charge is 0.302 e. The molecule has 0 spiro atoms. The molecule has 1 unspecified atom stereocenters. The molecule has 1 N–H and O–H groups in total. The summed E-state index contributed by atoms with van der Waals surface area (Å²) < 4.78 is 24.8. The Hall–Kier alpha value is -3.54. The van der Waals surface area contributed by atoms with Crippen LogP contribution in [0.4, 0.5) is 4.39 Å². The van der Waals surface area contributed by atoms with Gasteiger partial charge in [0.15, 0.2) is 5.67 Å². The van der Waals surface area contributed by atoms with Crippen molar-refractivity contribution in [1.29, 1.82) is 5.26 Å². The molecule has 36 heavy (non-hydrogen) atoms. The summed E-state index contributed by atoms with van der Waals surface area (Å²) in [7, 11) is 2.12. The van der Waals surface area contributed by atoms with Gasteiger partial charge in [-0.2, -0.15) is 10.2 Å². The molecular weight excluding hydrogens is 457 g/mol. The van der Waals surface area contributed by atoms with Crippen LogP contribution >= 0.6 is 0 Å². The average Bonchev–Trinajstić information content (AvgIpc) is 3.37. The largest absolute Gasteiger partial charge is 0.464 e. The maximum absolute atomic E-state index is 16.8. The van der Waals surface area contributed by atoms with Crippen LogP contribution in [0.1, 0.15) is 37.3 Å². The molecule has 2 aromatic heterocycles. The van der Waals surface area contributed by atoms with Crippen molar-refractivity contribution in [1.82, 2.24) is 19.3 Å². The Bertz CT molecular complexity index is 1370. The first kappa shape index (κ1) is 24.2. The lowest BCUT2D eigenvalue weighted by Gasteiger charge is -2.30. The molecule has 2 atom stereocenters. The number of halogens is 1. The Labute approximate surface area is 210 Å². The first-order valence-electron chi connectivity index (χ1n) is 12.3. The molecule has 5 rings (SSSR count). The maximum Gasteiger partial charge on any atom is 0.302 e.